The molecule has 0 radical (unpaired) electrons. The normalized spacial score (nSPS) is 16.1. The summed E-state index contributed by atoms with van der Waals surface area (Å²) in [5, 5.41) is 12.6. The largest absolute Gasteiger partial charge is 0.465 e. The average molecular weight is 366 g/mol. The molecule has 3 aromatic rings. The molecule has 0 aliphatic carbocycles. The second-order valence-corrected chi connectivity index (χ2v) is 7.00. The predicted octanol–water partition coefficient (Wildman–Crippen LogP) is 4.48. The highest BCUT2D eigenvalue weighted by atomic mass is 32.2. The van der Waals surface area contributed by atoms with Crippen LogP contribution >= 0.6 is 11.8 Å². The number of furan rings is 1. The quantitative estimate of drug-likeness (QED) is 0.683. The summed E-state index contributed by atoms with van der Waals surface area (Å²) >= 11 is 1.53. The Balaban J connectivity index is 1.77. The molecule has 1 aliphatic rings. The van der Waals surface area contributed by atoms with Gasteiger partial charge in [0.2, 0.25) is 11.0 Å². The molecule has 1 unspecified atom stereocenters. The molecule has 0 saturated carbocycles. The van der Waals surface area contributed by atoms with Crippen LogP contribution < -0.4 is 10.1 Å². The summed E-state index contributed by atoms with van der Waals surface area (Å²) in [5.41, 5.74) is 3.45. The fourth-order valence-corrected chi connectivity index (χ4v) is 3.22. The lowest BCUT2D eigenvalue weighted by Crippen LogP contribution is -2.27. The van der Waals surface area contributed by atoms with E-state index in [1.54, 1.807) is 6.26 Å². The van der Waals surface area contributed by atoms with Gasteiger partial charge in [-0.15, -0.1) is 10.2 Å². The number of aromatic nitrogens is 3. The van der Waals surface area contributed by atoms with Crippen molar-refractivity contribution in [2.75, 3.05) is 11.1 Å². The first-order chi connectivity index (χ1) is 12.7. The monoisotopic (exact) mass is 366 g/mol. The summed E-state index contributed by atoms with van der Waals surface area (Å²) in [5.74, 6) is 2.12. The van der Waals surface area contributed by atoms with Gasteiger partial charge in [-0.1, -0.05) is 36.9 Å². The summed E-state index contributed by atoms with van der Waals surface area (Å²) in [6.07, 6.45) is 3.21. The molecule has 0 saturated heterocycles. The Morgan fingerprint density at radius 3 is 2.92 bits per heavy atom. The number of hydrogen-bond acceptors (Lipinski definition) is 7. The summed E-state index contributed by atoms with van der Waals surface area (Å²) in [7, 11) is 0. The van der Waals surface area contributed by atoms with Gasteiger partial charge in [0.05, 0.1) is 6.26 Å². The third-order valence-electron chi connectivity index (χ3n) is 3.93. The molecule has 3 heterocycles. The van der Waals surface area contributed by atoms with Crippen LogP contribution in [-0.4, -0.2) is 27.2 Å². The van der Waals surface area contributed by atoms with Crippen molar-refractivity contribution in [2.24, 2.45) is 0 Å². The van der Waals surface area contributed by atoms with E-state index in [4.69, 9.17) is 9.15 Å². The van der Waals surface area contributed by atoms with Gasteiger partial charge in [0, 0.05) is 11.3 Å². The van der Waals surface area contributed by atoms with Crippen molar-refractivity contribution < 1.29 is 9.15 Å². The van der Waals surface area contributed by atoms with Gasteiger partial charge in [0.25, 0.3) is 0 Å². The first kappa shape index (κ1) is 16.7. The lowest BCUT2D eigenvalue weighted by molar-refractivity contribution is 0.255. The van der Waals surface area contributed by atoms with Gasteiger partial charge in [0.1, 0.15) is 5.76 Å². The third kappa shape index (κ3) is 3.30. The lowest BCUT2D eigenvalue weighted by Gasteiger charge is -2.19. The maximum atomic E-state index is 6.19. The molecule has 1 N–H and O–H groups in total. The third-order valence-corrected chi connectivity index (χ3v) is 4.65. The number of hydrogen-bond donors (Lipinski definition) is 1. The second-order valence-electron chi connectivity index (χ2n) is 5.77. The molecule has 132 valence electrons. The molecule has 2 aromatic heterocycles. The highest BCUT2D eigenvalue weighted by Gasteiger charge is 2.25. The predicted molar refractivity (Wildman–Crippen MR) is 102 cm³/mol. The lowest BCUT2D eigenvalue weighted by atomic mass is 10.1. The van der Waals surface area contributed by atoms with Gasteiger partial charge in [-0.05, 0) is 42.5 Å². The minimum absolute atomic E-state index is 0.390. The highest BCUT2D eigenvalue weighted by Crippen LogP contribution is 2.37. The van der Waals surface area contributed by atoms with Crippen LogP contribution in [0.1, 0.15) is 19.6 Å². The van der Waals surface area contributed by atoms with Gasteiger partial charge in [-0.2, -0.15) is 4.98 Å². The van der Waals surface area contributed by atoms with Gasteiger partial charge >= 0.3 is 0 Å². The zero-order valence-corrected chi connectivity index (χ0v) is 15.3. The fraction of sp³-hybridized carbons (Fsp3) is 0.211. The highest BCUT2D eigenvalue weighted by molar-refractivity contribution is 7.99. The first-order valence-corrected chi connectivity index (χ1v) is 9.35. The molecule has 6 nitrogen and oxygen atoms in total. The van der Waals surface area contributed by atoms with Crippen LogP contribution in [0.2, 0.25) is 0 Å². The molecule has 1 aromatic carbocycles. The number of para-hydroxylation sites is 1. The Bertz CT molecular complexity index is 940. The van der Waals surface area contributed by atoms with Crippen molar-refractivity contribution in [3.05, 3.63) is 54.0 Å². The van der Waals surface area contributed by atoms with E-state index in [1.807, 2.05) is 49.4 Å². The standard InChI is InChI=1S/C19H18N4O2S/c1-3-26-19-21-18-16(22-23-19)14-8-4-5-9-15(14)20-17(25-18)12(2)11-13-7-6-10-24-13/h4-11,17,20H,3H2,1-2H3/b12-11+. The number of nitrogens with zero attached hydrogens (tertiary/aromatic N) is 3. The van der Waals surface area contributed by atoms with Crippen molar-refractivity contribution in [3.8, 4) is 17.1 Å². The van der Waals surface area contributed by atoms with Crippen LogP contribution in [0.4, 0.5) is 5.69 Å². The average Bonchev–Trinajstić information content (AvgIpc) is 3.09. The Kier molecular flexibility index (Phi) is 4.62. The van der Waals surface area contributed by atoms with E-state index in [1.165, 1.54) is 11.8 Å². The zero-order chi connectivity index (χ0) is 17.9. The summed E-state index contributed by atoms with van der Waals surface area (Å²) < 4.78 is 11.6. The number of anilines is 1. The fourth-order valence-electron chi connectivity index (χ4n) is 2.72. The number of nitrogens with one attached hydrogen (secondary N) is 1. The van der Waals surface area contributed by atoms with Crippen LogP contribution in [0.15, 0.2) is 57.8 Å². The molecule has 4 rings (SSSR count). The minimum Gasteiger partial charge on any atom is -0.465 e. The molecule has 0 bridgehead atoms. The Morgan fingerprint density at radius 1 is 1.23 bits per heavy atom. The first-order valence-electron chi connectivity index (χ1n) is 8.36. The topological polar surface area (TPSA) is 73.1 Å². The van der Waals surface area contributed by atoms with Gasteiger partial charge < -0.3 is 14.5 Å². The Hall–Kier alpha value is -2.80. The van der Waals surface area contributed by atoms with Gasteiger partial charge in [-0.25, -0.2) is 0 Å². The molecular weight excluding hydrogens is 348 g/mol. The van der Waals surface area contributed by atoms with Crippen LogP contribution in [-0.2, 0) is 0 Å². The molecule has 0 amide bonds. The van der Waals surface area contributed by atoms with Crippen LogP contribution in [0.5, 0.6) is 5.88 Å². The van der Waals surface area contributed by atoms with E-state index in [9.17, 15) is 0 Å². The van der Waals surface area contributed by atoms with E-state index in [2.05, 4.69) is 27.4 Å². The van der Waals surface area contributed by atoms with E-state index in [0.29, 0.717) is 16.7 Å². The van der Waals surface area contributed by atoms with Crippen LogP contribution in [0, 0.1) is 0 Å². The molecule has 7 heteroatoms. The summed E-state index contributed by atoms with van der Waals surface area (Å²) in [6, 6.07) is 11.7. The molecule has 0 fully saturated rings. The summed E-state index contributed by atoms with van der Waals surface area (Å²) in [4.78, 5) is 4.57. The van der Waals surface area contributed by atoms with Crippen molar-refractivity contribution in [2.45, 2.75) is 25.2 Å². The zero-order valence-electron chi connectivity index (χ0n) is 14.5. The smallest absolute Gasteiger partial charge is 0.247 e. The van der Waals surface area contributed by atoms with Crippen LogP contribution in [0.25, 0.3) is 17.3 Å². The number of ether oxygens (including phenoxy) is 1. The van der Waals surface area contributed by atoms with Gasteiger partial charge in [0.15, 0.2) is 11.9 Å². The molecule has 1 atom stereocenters. The number of rotatable bonds is 4. The minimum atomic E-state index is -0.390. The Morgan fingerprint density at radius 2 is 2.12 bits per heavy atom. The van der Waals surface area contributed by atoms with Crippen molar-refractivity contribution in [1.82, 2.24) is 15.2 Å². The van der Waals surface area contributed by atoms with Crippen LogP contribution in [0.3, 0.4) is 0 Å². The van der Waals surface area contributed by atoms with Crippen molar-refractivity contribution >= 4 is 23.5 Å². The van der Waals surface area contributed by atoms with E-state index >= 15 is 0 Å². The Labute approximate surface area is 155 Å². The molecule has 26 heavy (non-hydrogen) atoms. The van der Waals surface area contributed by atoms with E-state index in [0.717, 1.165) is 28.3 Å². The molecular formula is C19H18N4O2S. The number of fused-ring (bicyclic) bond motifs is 3. The van der Waals surface area contributed by atoms with E-state index in [-0.39, 0.29) is 0 Å². The SMILES string of the molecule is CCSc1nnc2c(n1)OC(/C(C)=C/c1ccco1)Nc1ccccc1-2. The van der Waals surface area contributed by atoms with E-state index < -0.39 is 6.23 Å². The molecule has 0 spiro atoms. The maximum absolute atomic E-state index is 6.19. The molecule has 1 aliphatic heterocycles. The second kappa shape index (κ2) is 7.21. The maximum Gasteiger partial charge on any atom is 0.247 e. The van der Waals surface area contributed by atoms with Crippen molar-refractivity contribution in [3.63, 3.8) is 0 Å². The summed E-state index contributed by atoms with van der Waals surface area (Å²) in [6.45, 7) is 4.04. The number of benzene rings is 1. The van der Waals surface area contributed by atoms with Crippen molar-refractivity contribution in [1.29, 1.82) is 0 Å². The van der Waals surface area contributed by atoms with Gasteiger partial charge in [-0.3, -0.25) is 0 Å². The number of thioether (sulfide) groups is 1.